The van der Waals surface area contributed by atoms with Crippen LogP contribution in [0.15, 0.2) is 52.7 Å². The maximum Gasteiger partial charge on any atom is 0.373 e. The van der Waals surface area contributed by atoms with Crippen LogP contribution in [0.4, 0.5) is 22.7 Å². The molecule has 0 aliphatic rings. The minimum atomic E-state index is -0.892. The van der Waals surface area contributed by atoms with Gasteiger partial charge in [0.2, 0.25) is 0 Å². The van der Waals surface area contributed by atoms with Crippen LogP contribution in [-0.2, 0) is 0 Å². The zero-order chi connectivity index (χ0) is 15.4. The van der Waals surface area contributed by atoms with Crippen LogP contribution >= 0.6 is 0 Å². The Morgan fingerprint density at radius 2 is 1.48 bits per heavy atom. The summed E-state index contributed by atoms with van der Waals surface area (Å²) in [6.07, 6.45) is 0. The molecule has 0 aromatic heterocycles. The topological polar surface area (TPSA) is 131 Å². The van der Waals surface area contributed by atoms with Crippen LogP contribution in [0, 0.1) is 20.2 Å². The van der Waals surface area contributed by atoms with Crippen molar-refractivity contribution in [2.75, 3.05) is 0 Å². The molecule has 0 fully saturated rings. The average Bonchev–Trinajstić information content (AvgIpc) is 2.45. The van der Waals surface area contributed by atoms with Gasteiger partial charge in [0.25, 0.3) is 0 Å². The second kappa shape index (κ2) is 5.74. The molecular weight excluding hydrogens is 280 g/mol. The number of nitro groups is 2. The van der Waals surface area contributed by atoms with Crippen LogP contribution in [0.1, 0.15) is 0 Å². The Labute approximate surface area is 117 Å². The van der Waals surface area contributed by atoms with E-state index in [0.717, 1.165) is 6.07 Å². The normalized spacial score (nSPS) is 10.7. The van der Waals surface area contributed by atoms with Crippen LogP contribution in [0.25, 0.3) is 0 Å². The first-order valence-electron chi connectivity index (χ1n) is 5.62. The molecule has 9 heteroatoms. The van der Waals surface area contributed by atoms with Crippen molar-refractivity contribution in [2.45, 2.75) is 0 Å². The van der Waals surface area contributed by atoms with Gasteiger partial charge < -0.3 is 5.11 Å². The highest BCUT2D eigenvalue weighted by Crippen LogP contribution is 2.37. The number of phenolic OH excluding ortho intramolecular Hbond substituents is 1. The van der Waals surface area contributed by atoms with Crippen molar-refractivity contribution in [1.82, 2.24) is 0 Å². The summed E-state index contributed by atoms with van der Waals surface area (Å²) >= 11 is 0. The maximum atomic E-state index is 11.0. The standard InChI is InChI=1S/C12H8N4O5/c17-11-7-2-1-4-8(11)13-14-9-5-3-6-10(15(18)19)12(9)16(20)21/h1-7,17H/b14-13+. The molecular formula is C12H8N4O5. The van der Waals surface area contributed by atoms with Crippen molar-refractivity contribution >= 4 is 22.7 Å². The fourth-order valence-corrected chi connectivity index (χ4v) is 1.59. The molecule has 0 bridgehead atoms. The predicted molar refractivity (Wildman–Crippen MR) is 72.0 cm³/mol. The van der Waals surface area contributed by atoms with E-state index >= 15 is 0 Å². The van der Waals surface area contributed by atoms with Crippen molar-refractivity contribution in [1.29, 1.82) is 0 Å². The third-order valence-electron chi connectivity index (χ3n) is 2.52. The molecule has 9 nitrogen and oxygen atoms in total. The number of azo groups is 1. The lowest BCUT2D eigenvalue weighted by atomic mass is 10.2. The lowest BCUT2D eigenvalue weighted by Crippen LogP contribution is -1.96. The highest BCUT2D eigenvalue weighted by atomic mass is 16.6. The Morgan fingerprint density at radius 3 is 2.10 bits per heavy atom. The van der Waals surface area contributed by atoms with Crippen LogP contribution < -0.4 is 0 Å². The van der Waals surface area contributed by atoms with Crippen molar-refractivity contribution < 1.29 is 15.0 Å². The van der Waals surface area contributed by atoms with Crippen molar-refractivity contribution in [2.24, 2.45) is 10.2 Å². The van der Waals surface area contributed by atoms with Crippen LogP contribution in [-0.4, -0.2) is 15.0 Å². The smallest absolute Gasteiger partial charge is 0.373 e. The molecule has 0 saturated carbocycles. The lowest BCUT2D eigenvalue weighted by Gasteiger charge is -1.98. The Bertz CT molecular complexity index is 744. The average molecular weight is 288 g/mol. The lowest BCUT2D eigenvalue weighted by molar-refractivity contribution is -0.421. The van der Waals surface area contributed by atoms with E-state index in [4.69, 9.17) is 0 Å². The zero-order valence-corrected chi connectivity index (χ0v) is 10.4. The summed E-state index contributed by atoms with van der Waals surface area (Å²) in [6, 6.07) is 9.49. The molecule has 0 unspecified atom stereocenters. The first-order valence-corrected chi connectivity index (χ1v) is 5.62. The van der Waals surface area contributed by atoms with Gasteiger partial charge in [-0.05, 0) is 18.2 Å². The molecule has 106 valence electrons. The number of para-hydroxylation sites is 2. The van der Waals surface area contributed by atoms with E-state index in [1.54, 1.807) is 12.1 Å². The van der Waals surface area contributed by atoms with Crippen molar-refractivity contribution in [3.05, 3.63) is 62.7 Å². The highest BCUT2D eigenvalue weighted by molar-refractivity contribution is 5.68. The molecule has 1 N–H and O–H groups in total. The van der Waals surface area contributed by atoms with E-state index in [1.807, 2.05) is 0 Å². The van der Waals surface area contributed by atoms with Gasteiger partial charge in [-0.25, -0.2) is 0 Å². The van der Waals surface area contributed by atoms with E-state index in [-0.39, 0.29) is 17.1 Å². The third kappa shape index (κ3) is 2.97. The monoisotopic (exact) mass is 288 g/mol. The van der Waals surface area contributed by atoms with E-state index < -0.39 is 21.2 Å². The first-order chi connectivity index (χ1) is 10.0. The number of nitro benzene ring substituents is 2. The molecule has 2 rings (SSSR count). The van der Waals surface area contributed by atoms with Gasteiger partial charge in [-0.3, -0.25) is 20.2 Å². The Balaban J connectivity index is 2.50. The third-order valence-corrected chi connectivity index (χ3v) is 2.52. The molecule has 0 spiro atoms. The summed E-state index contributed by atoms with van der Waals surface area (Å²) < 4.78 is 0. The fraction of sp³-hybridized carbons (Fsp3) is 0. The van der Waals surface area contributed by atoms with Gasteiger partial charge in [-0.2, -0.15) is 0 Å². The van der Waals surface area contributed by atoms with E-state index in [0.29, 0.717) is 0 Å². The van der Waals surface area contributed by atoms with Gasteiger partial charge in [0.05, 0.1) is 9.85 Å². The largest absolute Gasteiger partial charge is 0.506 e. The van der Waals surface area contributed by atoms with Crippen molar-refractivity contribution in [3.63, 3.8) is 0 Å². The second-order valence-electron chi connectivity index (χ2n) is 3.85. The molecule has 0 aliphatic carbocycles. The summed E-state index contributed by atoms with van der Waals surface area (Å²) in [4.78, 5) is 20.0. The summed E-state index contributed by atoms with van der Waals surface area (Å²) in [7, 11) is 0. The molecule has 21 heavy (non-hydrogen) atoms. The molecule has 0 amide bonds. The maximum absolute atomic E-state index is 11.0. The minimum absolute atomic E-state index is 0.0957. The zero-order valence-electron chi connectivity index (χ0n) is 10.4. The van der Waals surface area contributed by atoms with Gasteiger partial charge in [0, 0.05) is 6.07 Å². The number of benzene rings is 2. The Hall–Kier alpha value is -3.36. The fourth-order valence-electron chi connectivity index (χ4n) is 1.59. The summed E-state index contributed by atoms with van der Waals surface area (Å²) in [6.45, 7) is 0. The molecule has 0 saturated heterocycles. The molecule has 2 aromatic rings. The SMILES string of the molecule is O=[N+]([O-])c1cccc(/N=N/c2ccccc2O)c1[N+](=O)[O-]. The number of phenols is 1. The molecule has 0 heterocycles. The first kappa shape index (κ1) is 14.1. The van der Waals surface area contributed by atoms with E-state index in [1.165, 1.54) is 24.3 Å². The van der Waals surface area contributed by atoms with Gasteiger partial charge >= 0.3 is 11.4 Å². The van der Waals surface area contributed by atoms with Crippen LogP contribution in [0.5, 0.6) is 5.75 Å². The van der Waals surface area contributed by atoms with Gasteiger partial charge in [0.1, 0.15) is 11.4 Å². The quantitative estimate of drug-likeness (QED) is 0.521. The molecule has 0 aliphatic heterocycles. The number of hydrogen-bond donors (Lipinski definition) is 1. The van der Waals surface area contributed by atoms with E-state index in [2.05, 4.69) is 10.2 Å². The summed E-state index contributed by atoms with van der Waals surface area (Å²) in [5.74, 6) is -0.158. The van der Waals surface area contributed by atoms with Crippen LogP contribution in [0.3, 0.4) is 0 Å². The summed E-state index contributed by atoms with van der Waals surface area (Å²) in [5, 5.41) is 38.6. The number of nitrogens with zero attached hydrogens (tertiary/aromatic N) is 4. The minimum Gasteiger partial charge on any atom is -0.506 e. The second-order valence-corrected chi connectivity index (χ2v) is 3.85. The molecule has 0 radical (unpaired) electrons. The number of rotatable bonds is 4. The van der Waals surface area contributed by atoms with Gasteiger partial charge in [-0.1, -0.05) is 18.2 Å². The van der Waals surface area contributed by atoms with E-state index in [9.17, 15) is 25.3 Å². The molecule has 0 atom stereocenters. The van der Waals surface area contributed by atoms with Gasteiger partial charge in [-0.15, -0.1) is 10.2 Å². The highest BCUT2D eigenvalue weighted by Gasteiger charge is 2.28. The number of hydrogen-bond acceptors (Lipinski definition) is 7. The number of aromatic hydroxyl groups is 1. The molecule has 2 aromatic carbocycles. The predicted octanol–water partition coefficient (Wildman–Crippen LogP) is 3.62. The Kier molecular flexibility index (Phi) is 3.84. The van der Waals surface area contributed by atoms with Gasteiger partial charge in [0.15, 0.2) is 5.69 Å². The summed E-state index contributed by atoms with van der Waals surface area (Å²) in [5.41, 5.74) is -1.59. The van der Waals surface area contributed by atoms with Crippen molar-refractivity contribution in [3.8, 4) is 5.75 Å². The van der Waals surface area contributed by atoms with Crippen LogP contribution in [0.2, 0.25) is 0 Å². The Morgan fingerprint density at radius 1 is 0.857 bits per heavy atom.